The summed E-state index contributed by atoms with van der Waals surface area (Å²) < 4.78 is 2.79. The molecule has 31 heavy (non-hydrogen) atoms. The maximum absolute atomic E-state index is 13.2. The molecule has 9 heteroatoms. The summed E-state index contributed by atoms with van der Waals surface area (Å²) in [7, 11) is 0. The second-order valence-corrected chi connectivity index (χ2v) is 8.81. The number of hydrogen-bond donors (Lipinski definition) is 3. The van der Waals surface area contributed by atoms with E-state index in [1.54, 1.807) is 10.7 Å². The number of rotatable bonds is 7. The molecular formula is C22H24BrN5O3. The van der Waals surface area contributed by atoms with E-state index in [9.17, 15) is 15.0 Å². The summed E-state index contributed by atoms with van der Waals surface area (Å²) in [6, 6.07) is 9.64. The van der Waals surface area contributed by atoms with Crippen LogP contribution in [0.1, 0.15) is 40.2 Å². The number of benzene rings is 1. The molecule has 1 aliphatic carbocycles. The van der Waals surface area contributed by atoms with Crippen LogP contribution in [0.2, 0.25) is 0 Å². The molecule has 0 amide bonds. The molecular weight excluding hydrogens is 462 g/mol. The zero-order chi connectivity index (χ0) is 22.0. The Hall–Kier alpha value is -2.62. The van der Waals surface area contributed by atoms with Gasteiger partial charge in [-0.05, 0) is 43.5 Å². The predicted molar refractivity (Wildman–Crippen MR) is 119 cm³/mol. The Bertz CT molecular complexity index is 1090. The van der Waals surface area contributed by atoms with Gasteiger partial charge in [-0.15, -0.1) is 0 Å². The van der Waals surface area contributed by atoms with Crippen LogP contribution in [0.4, 0.5) is 5.82 Å². The first-order valence-corrected chi connectivity index (χ1v) is 10.9. The molecule has 4 rings (SSSR count). The number of nitrogens with one attached hydrogen (secondary N) is 1. The molecule has 8 nitrogen and oxygen atoms in total. The van der Waals surface area contributed by atoms with Crippen LogP contribution in [0, 0.1) is 12.8 Å². The molecule has 2 heterocycles. The van der Waals surface area contributed by atoms with Crippen molar-refractivity contribution in [2.24, 2.45) is 5.92 Å². The minimum Gasteiger partial charge on any atom is -0.396 e. The molecule has 3 unspecified atom stereocenters. The Morgan fingerprint density at radius 2 is 2.16 bits per heavy atom. The highest BCUT2D eigenvalue weighted by atomic mass is 79.9. The van der Waals surface area contributed by atoms with Gasteiger partial charge < -0.3 is 15.5 Å². The SMILES string of the molecule is Cc1cc(C(=O)c2cncnc2NC2CC(O)C(CO)C2)nn1Cc1cccc(Br)c1. The molecule has 1 saturated carbocycles. The average Bonchev–Trinajstić information content (AvgIpc) is 3.29. The van der Waals surface area contributed by atoms with Gasteiger partial charge in [0.05, 0.1) is 18.2 Å². The molecule has 3 N–H and O–H groups in total. The van der Waals surface area contributed by atoms with Crippen LogP contribution in [-0.4, -0.2) is 54.5 Å². The quantitative estimate of drug-likeness (QED) is 0.440. The van der Waals surface area contributed by atoms with Crippen molar-refractivity contribution < 1.29 is 15.0 Å². The zero-order valence-electron chi connectivity index (χ0n) is 17.1. The number of anilines is 1. The third kappa shape index (κ3) is 4.84. The van der Waals surface area contributed by atoms with Gasteiger partial charge in [-0.3, -0.25) is 9.48 Å². The topological polar surface area (TPSA) is 113 Å². The highest BCUT2D eigenvalue weighted by Gasteiger charge is 2.33. The fraction of sp³-hybridized carbons (Fsp3) is 0.364. The molecule has 162 valence electrons. The van der Waals surface area contributed by atoms with E-state index in [2.05, 4.69) is 36.3 Å². The van der Waals surface area contributed by atoms with Gasteiger partial charge in [-0.25, -0.2) is 9.97 Å². The number of aliphatic hydroxyl groups excluding tert-OH is 2. The number of halogens is 1. The van der Waals surface area contributed by atoms with Crippen molar-refractivity contribution in [2.45, 2.75) is 38.5 Å². The number of carbonyl (C=O) groups excluding carboxylic acids is 1. The van der Waals surface area contributed by atoms with Crippen LogP contribution in [-0.2, 0) is 6.54 Å². The minimum atomic E-state index is -0.570. The van der Waals surface area contributed by atoms with Crippen LogP contribution in [0.5, 0.6) is 0 Å². The molecule has 0 radical (unpaired) electrons. The number of aryl methyl sites for hydroxylation is 1. The Labute approximate surface area is 188 Å². The van der Waals surface area contributed by atoms with Gasteiger partial charge >= 0.3 is 0 Å². The van der Waals surface area contributed by atoms with Crippen LogP contribution in [0.3, 0.4) is 0 Å². The van der Waals surface area contributed by atoms with Gasteiger partial charge in [-0.2, -0.15) is 5.10 Å². The molecule has 1 aliphatic rings. The van der Waals surface area contributed by atoms with Gasteiger partial charge in [0, 0.05) is 34.9 Å². The Morgan fingerprint density at radius 3 is 2.90 bits per heavy atom. The Kier molecular flexibility index (Phi) is 6.45. The molecule has 0 bridgehead atoms. The van der Waals surface area contributed by atoms with E-state index in [4.69, 9.17) is 0 Å². The first-order valence-electron chi connectivity index (χ1n) is 10.1. The molecule has 2 aromatic heterocycles. The van der Waals surface area contributed by atoms with Gasteiger partial charge in [0.25, 0.3) is 0 Å². The number of nitrogens with zero attached hydrogens (tertiary/aromatic N) is 4. The smallest absolute Gasteiger partial charge is 0.218 e. The Balaban J connectivity index is 1.54. The van der Waals surface area contributed by atoms with Crippen LogP contribution in [0.15, 0.2) is 47.3 Å². The maximum atomic E-state index is 13.2. The predicted octanol–water partition coefficient (Wildman–Crippen LogP) is 2.57. The van der Waals surface area contributed by atoms with E-state index in [0.29, 0.717) is 36.5 Å². The van der Waals surface area contributed by atoms with Crippen molar-refractivity contribution >= 4 is 27.5 Å². The van der Waals surface area contributed by atoms with Gasteiger partial charge in [0.2, 0.25) is 5.78 Å². The van der Waals surface area contributed by atoms with E-state index >= 15 is 0 Å². The van der Waals surface area contributed by atoms with E-state index in [-0.39, 0.29) is 24.3 Å². The average molecular weight is 486 g/mol. The lowest BCUT2D eigenvalue weighted by molar-refractivity contribution is 0.0908. The van der Waals surface area contributed by atoms with E-state index in [0.717, 1.165) is 15.7 Å². The van der Waals surface area contributed by atoms with Gasteiger partial charge in [0.15, 0.2) is 0 Å². The van der Waals surface area contributed by atoms with Gasteiger partial charge in [0.1, 0.15) is 17.8 Å². The van der Waals surface area contributed by atoms with Crippen LogP contribution >= 0.6 is 15.9 Å². The standard InChI is InChI=1S/C22H24BrN5O3/c1-13-5-19(27-28(13)10-14-3-2-4-16(23)6-14)21(31)18-9-24-12-25-22(18)26-17-7-15(11-29)20(30)8-17/h2-6,9,12,15,17,20,29-30H,7-8,10-11H2,1H3,(H,24,25,26). The lowest BCUT2D eigenvalue weighted by Gasteiger charge is -2.15. The Morgan fingerprint density at radius 1 is 1.32 bits per heavy atom. The molecule has 0 spiro atoms. The van der Waals surface area contributed by atoms with Crippen molar-refractivity contribution in [1.82, 2.24) is 19.7 Å². The highest BCUT2D eigenvalue weighted by molar-refractivity contribution is 9.10. The summed E-state index contributed by atoms with van der Waals surface area (Å²) in [4.78, 5) is 21.5. The van der Waals surface area contributed by atoms with Crippen molar-refractivity contribution in [2.75, 3.05) is 11.9 Å². The van der Waals surface area contributed by atoms with Crippen LogP contribution < -0.4 is 5.32 Å². The number of ketones is 1. The molecule has 0 aliphatic heterocycles. The molecule has 0 saturated heterocycles. The third-order valence-electron chi connectivity index (χ3n) is 5.62. The number of carbonyl (C=O) groups is 1. The first kappa shape index (κ1) is 21.6. The molecule has 3 aromatic rings. The lowest BCUT2D eigenvalue weighted by Crippen LogP contribution is -2.20. The first-order chi connectivity index (χ1) is 14.9. The highest BCUT2D eigenvalue weighted by Crippen LogP contribution is 2.29. The second-order valence-electron chi connectivity index (χ2n) is 7.90. The number of aromatic nitrogens is 4. The monoisotopic (exact) mass is 485 g/mol. The largest absolute Gasteiger partial charge is 0.396 e. The fourth-order valence-corrected chi connectivity index (χ4v) is 4.39. The summed E-state index contributed by atoms with van der Waals surface area (Å²) in [6.07, 6.45) is 3.39. The number of aliphatic hydroxyl groups is 2. The van der Waals surface area contributed by atoms with E-state index in [1.807, 2.05) is 31.2 Å². The third-order valence-corrected chi connectivity index (χ3v) is 6.12. The van der Waals surface area contributed by atoms with Crippen molar-refractivity contribution in [3.05, 3.63) is 69.8 Å². The summed E-state index contributed by atoms with van der Waals surface area (Å²) in [5.74, 6) is -0.0266. The van der Waals surface area contributed by atoms with E-state index in [1.165, 1.54) is 12.5 Å². The molecule has 1 aromatic carbocycles. The maximum Gasteiger partial charge on any atom is 0.218 e. The summed E-state index contributed by atoms with van der Waals surface area (Å²) in [5, 5.41) is 27.2. The lowest BCUT2D eigenvalue weighted by atomic mass is 10.1. The summed E-state index contributed by atoms with van der Waals surface area (Å²) in [6.45, 7) is 2.40. The van der Waals surface area contributed by atoms with Crippen molar-refractivity contribution in [3.63, 3.8) is 0 Å². The van der Waals surface area contributed by atoms with Crippen molar-refractivity contribution in [3.8, 4) is 0 Å². The van der Waals surface area contributed by atoms with Gasteiger partial charge in [-0.1, -0.05) is 28.1 Å². The molecule has 1 fully saturated rings. The fourth-order valence-electron chi connectivity index (χ4n) is 3.95. The zero-order valence-corrected chi connectivity index (χ0v) is 18.7. The molecule has 3 atom stereocenters. The van der Waals surface area contributed by atoms with Crippen molar-refractivity contribution in [1.29, 1.82) is 0 Å². The van der Waals surface area contributed by atoms with Crippen LogP contribution in [0.25, 0.3) is 0 Å². The summed E-state index contributed by atoms with van der Waals surface area (Å²) in [5.41, 5.74) is 2.60. The minimum absolute atomic E-state index is 0.0659. The normalized spacial score (nSPS) is 20.7. The van der Waals surface area contributed by atoms with E-state index < -0.39 is 6.10 Å². The summed E-state index contributed by atoms with van der Waals surface area (Å²) >= 11 is 3.47. The second kappa shape index (κ2) is 9.25. The number of hydrogen-bond acceptors (Lipinski definition) is 7.